The van der Waals surface area contributed by atoms with Crippen molar-refractivity contribution in [3.05, 3.63) is 23.5 Å². The van der Waals surface area contributed by atoms with Crippen LogP contribution in [0.4, 0.5) is 13.2 Å². The molecular weight excluding hydrogens is 257 g/mol. The SMILES string of the molecule is CNC1CCCCc2cn(COCC(F)(F)F)cc21. The van der Waals surface area contributed by atoms with Gasteiger partial charge < -0.3 is 14.6 Å². The second kappa shape index (κ2) is 5.96. The summed E-state index contributed by atoms with van der Waals surface area (Å²) in [6.45, 7) is -1.26. The largest absolute Gasteiger partial charge is 0.411 e. The maximum atomic E-state index is 12.0. The van der Waals surface area contributed by atoms with Crippen molar-refractivity contribution in [3.63, 3.8) is 0 Å². The molecule has 3 nitrogen and oxygen atoms in total. The van der Waals surface area contributed by atoms with Crippen LogP contribution in [0.15, 0.2) is 12.4 Å². The zero-order valence-electron chi connectivity index (χ0n) is 11.0. The fraction of sp³-hybridized carbons (Fsp3) is 0.692. The summed E-state index contributed by atoms with van der Waals surface area (Å²) in [5.74, 6) is 0. The predicted octanol–water partition coefficient (Wildman–Crippen LogP) is 3.01. The van der Waals surface area contributed by atoms with Crippen molar-refractivity contribution in [2.24, 2.45) is 0 Å². The van der Waals surface area contributed by atoms with Gasteiger partial charge in [-0.1, -0.05) is 6.42 Å². The van der Waals surface area contributed by atoms with Gasteiger partial charge in [0.2, 0.25) is 0 Å². The van der Waals surface area contributed by atoms with E-state index in [0.29, 0.717) is 6.04 Å². The lowest BCUT2D eigenvalue weighted by Crippen LogP contribution is -2.18. The molecule has 1 aliphatic rings. The highest BCUT2D eigenvalue weighted by Gasteiger charge is 2.27. The van der Waals surface area contributed by atoms with Crippen molar-refractivity contribution in [3.8, 4) is 0 Å². The molecule has 0 amide bonds. The second-order valence-electron chi connectivity index (χ2n) is 4.93. The van der Waals surface area contributed by atoms with Crippen LogP contribution in [-0.2, 0) is 17.9 Å². The van der Waals surface area contributed by atoms with Crippen LogP contribution in [0, 0.1) is 0 Å². The molecule has 0 saturated heterocycles. The highest BCUT2D eigenvalue weighted by molar-refractivity contribution is 5.29. The Bertz CT molecular complexity index is 415. The molecule has 1 unspecified atom stereocenters. The average Bonchev–Trinajstić information content (AvgIpc) is 2.62. The number of nitrogens with zero attached hydrogens (tertiary/aromatic N) is 1. The van der Waals surface area contributed by atoms with E-state index in [9.17, 15) is 13.2 Å². The lowest BCUT2D eigenvalue weighted by atomic mass is 10.1. The summed E-state index contributed by atoms with van der Waals surface area (Å²) in [6, 6.07) is 0.293. The number of hydrogen-bond donors (Lipinski definition) is 1. The first-order valence-corrected chi connectivity index (χ1v) is 6.50. The molecule has 2 rings (SSSR count). The van der Waals surface area contributed by atoms with E-state index in [2.05, 4.69) is 10.1 Å². The van der Waals surface area contributed by atoms with Crippen molar-refractivity contribution in [2.75, 3.05) is 13.7 Å². The molecular formula is C13H19F3N2O. The Morgan fingerprint density at radius 1 is 1.37 bits per heavy atom. The van der Waals surface area contributed by atoms with Crippen LogP contribution in [-0.4, -0.2) is 24.4 Å². The number of aryl methyl sites for hydroxylation is 1. The van der Waals surface area contributed by atoms with Crippen molar-refractivity contribution in [2.45, 2.75) is 44.6 Å². The van der Waals surface area contributed by atoms with E-state index in [4.69, 9.17) is 0 Å². The second-order valence-corrected chi connectivity index (χ2v) is 4.93. The maximum absolute atomic E-state index is 12.0. The van der Waals surface area contributed by atoms with Crippen molar-refractivity contribution in [1.29, 1.82) is 0 Å². The van der Waals surface area contributed by atoms with Gasteiger partial charge in [-0.2, -0.15) is 13.2 Å². The average molecular weight is 276 g/mol. The number of nitrogens with one attached hydrogen (secondary N) is 1. The fourth-order valence-corrected chi connectivity index (χ4v) is 2.56. The number of ether oxygens (including phenoxy) is 1. The topological polar surface area (TPSA) is 26.2 Å². The van der Waals surface area contributed by atoms with Gasteiger partial charge in [0.25, 0.3) is 0 Å². The number of aromatic nitrogens is 1. The standard InChI is InChI=1S/C13H19F3N2O/c1-17-12-5-3-2-4-10-6-18(7-11(10)12)9-19-8-13(14,15)16/h6-7,12,17H,2-5,8-9H2,1H3. The quantitative estimate of drug-likeness (QED) is 0.856. The van der Waals surface area contributed by atoms with Gasteiger partial charge in [0.15, 0.2) is 0 Å². The third-order valence-corrected chi connectivity index (χ3v) is 3.42. The summed E-state index contributed by atoms with van der Waals surface area (Å²) >= 11 is 0. The lowest BCUT2D eigenvalue weighted by molar-refractivity contribution is -0.181. The minimum atomic E-state index is -4.27. The molecule has 1 heterocycles. The highest BCUT2D eigenvalue weighted by atomic mass is 19.4. The van der Waals surface area contributed by atoms with Gasteiger partial charge in [0.1, 0.15) is 13.3 Å². The molecule has 1 atom stereocenters. The summed E-state index contributed by atoms with van der Waals surface area (Å²) in [5, 5.41) is 3.26. The minimum Gasteiger partial charge on any atom is -0.351 e. The molecule has 0 aromatic carbocycles. The van der Waals surface area contributed by atoms with E-state index in [1.54, 1.807) is 4.57 Å². The van der Waals surface area contributed by atoms with E-state index in [1.165, 1.54) is 17.5 Å². The zero-order chi connectivity index (χ0) is 13.9. The van der Waals surface area contributed by atoms with E-state index in [-0.39, 0.29) is 6.73 Å². The number of halogens is 3. The summed E-state index contributed by atoms with van der Waals surface area (Å²) in [6.07, 6.45) is 3.89. The monoisotopic (exact) mass is 276 g/mol. The molecule has 0 spiro atoms. The Morgan fingerprint density at radius 3 is 2.84 bits per heavy atom. The molecule has 0 bridgehead atoms. The van der Waals surface area contributed by atoms with Crippen LogP contribution < -0.4 is 5.32 Å². The molecule has 1 aliphatic carbocycles. The molecule has 0 aliphatic heterocycles. The molecule has 1 aromatic heterocycles. The van der Waals surface area contributed by atoms with Crippen LogP contribution in [0.25, 0.3) is 0 Å². The third-order valence-electron chi connectivity index (χ3n) is 3.42. The molecule has 6 heteroatoms. The van der Waals surface area contributed by atoms with Gasteiger partial charge in [-0.05, 0) is 37.4 Å². The first-order chi connectivity index (χ1) is 8.99. The first-order valence-electron chi connectivity index (χ1n) is 6.50. The Balaban J connectivity index is 2.00. The Hall–Kier alpha value is -1.01. The van der Waals surface area contributed by atoms with Crippen molar-refractivity contribution >= 4 is 0 Å². The van der Waals surface area contributed by atoms with Crippen LogP contribution in [0.5, 0.6) is 0 Å². The Morgan fingerprint density at radius 2 is 2.16 bits per heavy atom. The van der Waals surface area contributed by atoms with Gasteiger partial charge in [-0.25, -0.2) is 0 Å². The number of rotatable bonds is 4. The molecule has 0 radical (unpaired) electrons. The summed E-state index contributed by atoms with van der Waals surface area (Å²) in [7, 11) is 1.91. The van der Waals surface area contributed by atoms with Gasteiger partial charge in [0, 0.05) is 18.4 Å². The summed E-state index contributed by atoms with van der Waals surface area (Å²) in [5.41, 5.74) is 2.41. The van der Waals surface area contributed by atoms with Crippen LogP contribution in [0.1, 0.15) is 36.4 Å². The molecule has 1 aromatic rings. The van der Waals surface area contributed by atoms with E-state index in [1.807, 2.05) is 19.4 Å². The zero-order valence-corrected chi connectivity index (χ0v) is 11.0. The van der Waals surface area contributed by atoms with Crippen LogP contribution >= 0.6 is 0 Å². The summed E-state index contributed by atoms with van der Waals surface area (Å²) in [4.78, 5) is 0. The van der Waals surface area contributed by atoms with E-state index in [0.717, 1.165) is 19.3 Å². The van der Waals surface area contributed by atoms with Crippen molar-refractivity contribution in [1.82, 2.24) is 9.88 Å². The van der Waals surface area contributed by atoms with Gasteiger partial charge in [-0.3, -0.25) is 0 Å². The number of hydrogen-bond acceptors (Lipinski definition) is 2. The van der Waals surface area contributed by atoms with Crippen molar-refractivity contribution < 1.29 is 17.9 Å². The Labute approximate surface area is 110 Å². The van der Waals surface area contributed by atoms with Crippen LogP contribution in [0.2, 0.25) is 0 Å². The van der Waals surface area contributed by atoms with E-state index >= 15 is 0 Å². The van der Waals surface area contributed by atoms with E-state index < -0.39 is 12.8 Å². The first kappa shape index (κ1) is 14.4. The smallest absolute Gasteiger partial charge is 0.351 e. The van der Waals surface area contributed by atoms with Gasteiger partial charge >= 0.3 is 6.18 Å². The molecule has 0 saturated carbocycles. The lowest BCUT2D eigenvalue weighted by Gasteiger charge is -2.13. The maximum Gasteiger partial charge on any atom is 0.411 e. The molecule has 108 valence electrons. The third kappa shape index (κ3) is 3.98. The number of alkyl halides is 3. The minimum absolute atomic E-state index is 0.0526. The Kier molecular flexibility index (Phi) is 4.52. The predicted molar refractivity (Wildman–Crippen MR) is 65.8 cm³/mol. The van der Waals surface area contributed by atoms with Gasteiger partial charge in [-0.15, -0.1) is 0 Å². The highest BCUT2D eigenvalue weighted by Crippen LogP contribution is 2.29. The van der Waals surface area contributed by atoms with Gasteiger partial charge in [0.05, 0.1) is 0 Å². The normalized spacial score (nSPS) is 20.1. The molecule has 0 fully saturated rings. The molecule has 1 N–H and O–H groups in total. The van der Waals surface area contributed by atoms with Crippen LogP contribution in [0.3, 0.4) is 0 Å². The number of fused-ring (bicyclic) bond motifs is 1. The molecule has 19 heavy (non-hydrogen) atoms. The fourth-order valence-electron chi connectivity index (χ4n) is 2.56. The summed E-state index contributed by atoms with van der Waals surface area (Å²) < 4.78 is 42.4.